The molecule has 0 saturated carbocycles. The highest BCUT2D eigenvalue weighted by molar-refractivity contribution is 9.10. The van der Waals surface area contributed by atoms with Crippen LogP contribution in [-0.4, -0.2) is 31.8 Å². The number of nitrogens with zero attached hydrogens (tertiary/aromatic N) is 3. The third-order valence-corrected chi connectivity index (χ3v) is 5.97. The summed E-state index contributed by atoms with van der Waals surface area (Å²) in [6.45, 7) is -0.440. The number of rotatable bonds is 4. The molecule has 0 bridgehead atoms. The van der Waals surface area contributed by atoms with Gasteiger partial charge in [-0.2, -0.15) is 0 Å². The number of pyridine rings is 1. The molecule has 0 saturated heterocycles. The zero-order chi connectivity index (χ0) is 24.9. The summed E-state index contributed by atoms with van der Waals surface area (Å²) in [5.41, 5.74) is -1.73. The predicted octanol–water partition coefficient (Wildman–Crippen LogP) is 3.50. The lowest BCUT2D eigenvalue weighted by Crippen LogP contribution is -2.24. The maximum absolute atomic E-state index is 13.1. The quantitative estimate of drug-likeness (QED) is 0.194. The molecule has 0 radical (unpaired) electrons. The maximum atomic E-state index is 13.1. The normalized spacial score (nSPS) is 12.3. The summed E-state index contributed by atoms with van der Waals surface area (Å²) in [5.74, 6) is -2.38. The molecule has 0 unspecified atom stereocenters. The van der Waals surface area contributed by atoms with Crippen molar-refractivity contribution in [2.24, 2.45) is 0 Å². The second-order valence-electron chi connectivity index (χ2n) is 7.58. The van der Waals surface area contributed by atoms with Crippen LogP contribution in [0.2, 0.25) is 0 Å². The van der Waals surface area contributed by atoms with Gasteiger partial charge in [0, 0.05) is 33.4 Å². The van der Waals surface area contributed by atoms with Gasteiger partial charge in [-0.1, -0.05) is 24.3 Å². The molecule has 0 atom stereocenters. The average molecular weight is 534 g/mol. The Hall–Kier alpha value is -4.51. The second-order valence-corrected chi connectivity index (χ2v) is 8.50. The van der Waals surface area contributed by atoms with Gasteiger partial charge >= 0.3 is 5.97 Å². The van der Waals surface area contributed by atoms with Crippen LogP contribution < -0.4 is 5.56 Å². The van der Waals surface area contributed by atoms with Crippen molar-refractivity contribution in [3.05, 3.63) is 119 Å². The van der Waals surface area contributed by atoms with Crippen molar-refractivity contribution in [2.45, 2.75) is 6.61 Å². The van der Waals surface area contributed by atoms with Crippen LogP contribution in [0.5, 0.6) is 0 Å². The molecular formula is C24H12BrN3O7. The van der Waals surface area contributed by atoms with Crippen LogP contribution in [-0.2, 0) is 11.3 Å². The highest BCUT2D eigenvalue weighted by atomic mass is 79.9. The van der Waals surface area contributed by atoms with E-state index in [4.69, 9.17) is 4.74 Å². The molecular weight excluding hydrogens is 522 g/mol. The number of ether oxygens (including phenoxy) is 1. The maximum Gasteiger partial charge on any atom is 0.345 e. The standard InChI is InChI=1S/C24H12BrN3O7/c25-12-5-8-18-26-13(9-19(29)27(18)10-12)11-35-24(32)17-7-6-16-20(21(17)28(33)34)23(31)15-4-2-1-3-14(15)22(16)30/h1-10H,11H2. The van der Waals surface area contributed by atoms with E-state index in [0.29, 0.717) is 10.1 Å². The number of nitro benzene ring substituents is 1. The lowest BCUT2D eigenvalue weighted by Gasteiger charge is -2.18. The van der Waals surface area contributed by atoms with Gasteiger partial charge in [0.25, 0.3) is 11.2 Å². The van der Waals surface area contributed by atoms with Gasteiger partial charge in [-0.3, -0.25) is 28.9 Å². The summed E-state index contributed by atoms with van der Waals surface area (Å²) in [6.07, 6.45) is 1.54. The Morgan fingerprint density at radius 3 is 2.43 bits per heavy atom. The summed E-state index contributed by atoms with van der Waals surface area (Å²) in [4.78, 5) is 66.4. The summed E-state index contributed by atoms with van der Waals surface area (Å²) >= 11 is 3.27. The van der Waals surface area contributed by atoms with Crippen molar-refractivity contribution in [2.75, 3.05) is 0 Å². The Labute approximate surface area is 204 Å². The van der Waals surface area contributed by atoms with E-state index in [9.17, 15) is 29.3 Å². The summed E-state index contributed by atoms with van der Waals surface area (Å²) in [7, 11) is 0. The molecule has 0 spiro atoms. The molecule has 5 rings (SSSR count). The van der Waals surface area contributed by atoms with Crippen LogP contribution >= 0.6 is 15.9 Å². The van der Waals surface area contributed by atoms with Crippen LogP contribution in [0.15, 0.2) is 70.1 Å². The van der Waals surface area contributed by atoms with Crippen LogP contribution in [0.25, 0.3) is 5.65 Å². The molecule has 0 aliphatic heterocycles. The number of carbonyl (C=O) groups excluding carboxylic acids is 3. The monoisotopic (exact) mass is 533 g/mol. The molecule has 172 valence electrons. The molecule has 35 heavy (non-hydrogen) atoms. The molecule has 0 N–H and O–H groups in total. The topological polar surface area (TPSA) is 138 Å². The van der Waals surface area contributed by atoms with E-state index < -0.39 is 51.4 Å². The van der Waals surface area contributed by atoms with Crippen molar-refractivity contribution in [1.29, 1.82) is 0 Å². The largest absolute Gasteiger partial charge is 0.455 e. The minimum Gasteiger partial charge on any atom is -0.455 e. The van der Waals surface area contributed by atoms with Crippen LogP contribution in [0.3, 0.4) is 0 Å². The lowest BCUT2D eigenvalue weighted by molar-refractivity contribution is -0.385. The Morgan fingerprint density at radius 1 is 1.00 bits per heavy atom. The van der Waals surface area contributed by atoms with Crippen LogP contribution in [0, 0.1) is 10.1 Å². The van der Waals surface area contributed by atoms with Crippen molar-refractivity contribution < 1.29 is 24.0 Å². The fourth-order valence-corrected chi connectivity index (χ4v) is 4.28. The van der Waals surface area contributed by atoms with Gasteiger partial charge < -0.3 is 4.74 Å². The zero-order valence-electron chi connectivity index (χ0n) is 17.6. The highest BCUT2D eigenvalue weighted by Gasteiger charge is 2.39. The van der Waals surface area contributed by atoms with E-state index in [2.05, 4.69) is 20.9 Å². The first-order valence-corrected chi connectivity index (χ1v) is 10.9. The number of benzene rings is 2. The number of fused-ring (bicyclic) bond motifs is 3. The van der Waals surface area contributed by atoms with Gasteiger partial charge in [0.05, 0.1) is 10.6 Å². The van der Waals surface area contributed by atoms with Gasteiger partial charge in [-0.15, -0.1) is 0 Å². The number of hydrogen-bond acceptors (Lipinski definition) is 8. The number of esters is 1. The van der Waals surface area contributed by atoms with E-state index in [1.807, 2.05) is 0 Å². The molecule has 11 heteroatoms. The number of halogens is 1. The first-order chi connectivity index (χ1) is 16.8. The summed E-state index contributed by atoms with van der Waals surface area (Å²) < 4.78 is 7.16. The van der Waals surface area contributed by atoms with E-state index in [-0.39, 0.29) is 22.4 Å². The number of aromatic nitrogens is 2. The molecule has 2 aromatic heterocycles. The average Bonchev–Trinajstić information content (AvgIpc) is 2.85. The van der Waals surface area contributed by atoms with Gasteiger partial charge in [0.1, 0.15) is 23.4 Å². The van der Waals surface area contributed by atoms with Crippen molar-refractivity contribution in [3.8, 4) is 0 Å². The molecule has 1 aliphatic rings. The minimum atomic E-state index is -1.10. The Bertz CT molecular complexity index is 1680. The molecule has 10 nitrogen and oxygen atoms in total. The Morgan fingerprint density at radius 2 is 1.71 bits per heavy atom. The van der Waals surface area contributed by atoms with Gasteiger partial charge in [0.2, 0.25) is 5.78 Å². The van der Waals surface area contributed by atoms with Crippen molar-refractivity contribution in [1.82, 2.24) is 9.38 Å². The number of carbonyl (C=O) groups is 3. The van der Waals surface area contributed by atoms with E-state index >= 15 is 0 Å². The summed E-state index contributed by atoms with van der Waals surface area (Å²) in [5, 5.41) is 11.9. The van der Waals surface area contributed by atoms with E-state index in [0.717, 1.165) is 6.07 Å². The summed E-state index contributed by atoms with van der Waals surface area (Å²) in [6, 6.07) is 12.7. The van der Waals surface area contributed by atoms with Gasteiger partial charge in [-0.25, -0.2) is 9.78 Å². The fraction of sp³-hybridized carbons (Fsp3) is 0.0417. The van der Waals surface area contributed by atoms with Gasteiger partial charge in [0.15, 0.2) is 5.78 Å². The SMILES string of the molecule is O=C1c2ccccc2C(=O)c2c1ccc(C(=O)OCc1cc(=O)n3cc(Br)ccc3n1)c2[N+](=O)[O-]. The van der Waals surface area contributed by atoms with Crippen molar-refractivity contribution >= 4 is 44.8 Å². The Kier molecular flexibility index (Phi) is 5.33. The molecule has 2 aromatic carbocycles. The molecule has 4 aromatic rings. The first kappa shape index (κ1) is 22.3. The van der Waals surface area contributed by atoms with Crippen LogP contribution in [0.4, 0.5) is 5.69 Å². The predicted molar refractivity (Wildman–Crippen MR) is 125 cm³/mol. The smallest absolute Gasteiger partial charge is 0.345 e. The molecule has 1 aliphatic carbocycles. The molecule has 0 fully saturated rings. The van der Waals surface area contributed by atoms with E-state index in [1.54, 1.807) is 18.2 Å². The highest BCUT2D eigenvalue weighted by Crippen LogP contribution is 2.35. The lowest BCUT2D eigenvalue weighted by atomic mass is 9.82. The molecule has 0 amide bonds. The number of ketones is 2. The number of hydrogen-bond donors (Lipinski definition) is 0. The van der Waals surface area contributed by atoms with Crippen molar-refractivity contribution in [3.63, 3.8) is 0 Å². The molecule has 2 heterocycles. The Balaban J connectivity index is 1.51. The minimum absolute atomic E-state index is 0.0195. The third kappa shape index (κ3) is 3.71. The number of nitro groups is 1. The third-order valence-electron chi connectivity index (χ3n) is 5.50. The fourth-order valence-electron chi connectivity index (χ4n) is 3.94. The van der Waals surface area contributed by atoms with Gasteiger partial charge in [-0.05, 0) is 40.2 Å². The first-order valence-electron chi connectivity index (χ1n) is 10.1. The van der Waals surface area contributed by atoms with E-state index in [1.165, 1.54) is 40.9 Å². The van der Waals surface area contributed by atoms with Crippen LogP contribution in [0.1, 0.15) is 47.9 Å². The second kappa shape index (κ2) is 8.37. The zero-order valence-corrected chi connectivity index (χ0v) is 19.1.